The van der Waals surface area contributed by atoms with E-state index in [4.69, 9.17) is 9.47 Å². The number of benzene rings is 6. The molecule has 0 fully saturated rings. The van der Waals surface area contributed by atoms with Gasteiger partial charge in [0.15, 0.2) is 6.29 Å². The van der Waals surface area contributed by atoms with Gasteiger partial charge in [-0.1, -0.05) is 71.3 Å². The van der Waals surface area contributed by atoms with Gasteiger partial charge in [0.25, 0.3) is 0 Å². The van der Waals surface area contributed by atoms with Crippen LogP contribution in [0.5, 0.6) is 11.5 Å². The lowest BCUT2D eigenvalue weighted by molar-refractivity contribution is 0.112. The van der Waals surface area contributed by atoms with E-state index < -0.39 is 7.80 Å². The molecule has 1 unspecified atom stereocenters. The van der Waals surface area contributed by atoms with Gasteiger partial charge in [-0.25, -0.2) is 0 Å². The molecule has 0 amide bonds. The quantitative estimate of drug-likeness (QED) is 0.152. The van der Waals surface area contributed by atoms with E-state index in [9.17, 15) is 9.36 Å². The summed E-state index contributed by atoms with van der Waals surface area (Å²) < 4.78 is 25.7. The Hall–Kier alpha value is -4.79. The summed E-state index contributed by atoms with van der Waals surface area (Å²) in [5, 5.41) is 4.80. The molecule has 0 N–H and O–H groups in total. The number of hydrogen-bond donors (Lipinski definition) is 0. The highest BCUT2D eigenvalue weighted by atomic mass is 31.1. The van der Waals surface area contributed by atoms with E-state index >= 15 is 0 Å². The Labute approximate surface area is 233 Å². The van der Waals surface area contributed by atoms with Crippen molar-refractivity contribution in [3.05, 3.63) is 121 Å². The van der Waals surface area contributed by atoms with E-state index in [1.54, 1.807) is 14.2 Å². The largest absolute Gasteiger partial charge is 0.497 e. The highest BCUT2D eigenvalue weighted by molar-refractivity contribution is 7.62. The van der Waals surface area contributed by atoms with Gasteiger partial charge < -0.3 is 9.47 Å². The molecule has 6 rings (SSSR count). The van der Waals surface area contributed by atoms with Gasteiger partial charge >= 0.3 is 7.80 Å². The van der Waals surface area contributed by atoms with Gasteiger partial charge in [0.2, 0.25) is 10.6 Å². The fourth-order valence-electron chi connectivity index (χ4n) is 5.29. The molecule has 4 nitrogen and oxygen atoms in total. The molecule has 0 saturated carbocycles. The molecule has 0 spiro atoms. The van der Waals surface area contributed by atoms with Crippen LogP contribution in [0.25, 0.3) is 43.8 Å². The fourth-order valence-corrected chi connectivity index (χ4v) is 7.01. The maximum atomic E-state index is 14.8. The summed E-state index contributed by atoms with van der Waals surface area (Å²) in [4.78, 5) is 12.5. The SMILES string of the molecule is COc1ccc(-c2cc3ccccc3c([P+](=O)c3ccc4ccccc4c3C=O)c2-c2ccc(OC)cc2)cc1. The fraction of sp³-hybridized carbons (Fsp3) is 0.0571. The lowest BCUT2D eigenvalue weighted by atomic mass is 9.91. The van der Waals surface area contributed by atoms with Crippen molar-refractivity contribution in [1.82, 2.24) is 0 Å². The molecule has 6 aromatic carbocycles. The van der Waals surface area contributed by atoms with Crippen LogP contribution in [0.3, 0.4) is 0 Å². The zero-order valence-electron chi connectivity index (χ0n) is 22.1. The van der Waals surface area contributed by atoms with Crippen molar-refractivity contribution in [2.75, 3.05) is 14.2 Å². The van der Waals surface area contributed by atoms with E-state index in [1.807, 2.05) is 109 Å². The number of carbonyl (C=O) groups is 1. The van der Waals surface area contributed by atoms with E-state index in [0.717, 1.165) is 61.6 Å². The first-order chi connectivity index (χ1) is 19.6. The Morgan fingerprint density at radius 1 is 0.625 bits per heavy atom. The Morgan fingerprint density at radius 3 is 1.82 bits per heavy atom. The van der Waals surface area contributed by atoms with E-state index in [0.29, 0.717) is 16.2 Å². The van der Waals surface area contributed by atoms with Crippen LogP contribution in [0, 0.1) is 0 Å². The van der Waals surface area contributed by atoms with Crippen molar-refractivity contribution >= 4 is 46.2 Å². The van der Waals surface area contributed by atoms with Gasteiger partial charge in [-0.3, -0.25) is 4.79 Å². The molecule has 0 heterocycles. The number of carbonyl (C=O) groups excluding carboxylic acids is 1. The summed E-state index contributed by atoms with van der Waals surface area (Å²) in [5.74, 6) is 1.49. The van der Waals surface area contributed by atoms with Gasteiger partial charge in [-0.2, -0.15) is 0 Å². The molecule has 0 saturated heterocycles. The second-order valence-corrected chi connectivity index (χ2v) is 11.0. The molecule has 1 atom stereocenters. The highest BCUT2D eigenvalue weighted by Gasteiger charge is 2.35. The third-order valence-electron chi connectivity index (χ3n) is 7.29. The molecule has 0 aromatic heterocycles. The molecule has 5 heteroatoms. The summed E-state index contributed by atoms with van der Waals surface area (Å²) in [6.07, 6.45) is 0.827. The van der Waals surface area contributed by atoms with Gasteiger partial charge in [0, 0.05) is 10.9 Å². The van der Waals surface area contributed by atoms with Crippen LogP contribution < -0.4 is 20.1 Å². The third-order valence-corrected chi connectivity index (χ3v) is 8.99. The zero-order valence-corrected chi connectivity index (χ0v) is 23.0. The molecule has 0 aliphatic heterocycles. The second kappa shape index (κ2) is 10.8. The molecule has 0 aliphatic carbocycles. The summed E-state index contributed by atoms with van der Waals surface area (Å²) in [6.45, 7) is 0. The van der Waals surface area contributed by atoms with Crippen LogP contribution in [-0.2, 0) is 4.57 Å². The number of aldehydes is 1. The average molecular weight is 542 g/mol. The number of methoxy groups -OCH3 is 2. The first-order valence-corrected chi connectivity index (χ1v) is 14.2. The zero-order chi connectivity index (χ0) is 27.6. The standard InChI is InChI=1S/C35H26O4P/c1-38-27-16-11-24(12-17-27)31-21-26-8-4-6-10-30(26)35(34(31)25-13-18-28(39-2)19-14-25)40(37)33-20-15-23-7-3-5-9-29(23)32(33)22-36/h3-22H,1-2H3/q+1. The average Bonchev–Trinajstić information content (AvgIpc) is 3.03. The van der Waals surface area contributed by atoms with Crippen molar-refractivity contribution in [3.63, 3.8) is 0 Å². The van der Waals surface area contributed by atoms with Gasteiger partial charge in [0.1, 0.15) is 11.5 Å². The van der Waals surface area contributed by atoms with Gasteiger partial charge in [-0.05, 0) is 81.4 Å². The van der Waals surface area contributed by atoms with Crippen LogP contribution in [-0.4, -0.2) is 20.5 Å². The first kappa shape index (κ1) is 25.5. The maximum absolute atomic E-state index is 14.8. The minimum Gasteiger partial charge on any atom is -0.497 e. The van der Waals surface area contributed by atoms with Crippen molar-refractivity contribution in [2.24, 2.45) is 0 Å². The summed E-state index contributed by atoms with van der Waals surface area (Å²) >= 11 is 0. The molecular formula is C35H26O4P+. The smallest absolute Gasteiger partial charge is 0.417 e. The van der Waals surface area contributed by atoms with Crippen LogP contribution in [0.1, 0.15) is 10.4 Å². The maximum Gasteiger partial charge on any atom is 0.417 e. The minimum absolute atomic E-state index is 0.457. The van der Waals surface area contributed by atoms with E-state index in [2.05, 4.69) is 6.07 Å². The molecule has 0 radical (unpaired) electrons. The summed E-state index contributed by atoms with van der Waals surface area (Å²) in [5.41, 5.74) is 4.13. The molecule has 194 valence electrons. The normalized spacial score (nSPS) is 11.4. The monoisotopic (exact) mass is 541 g/mol. The number of fused-ring (bicyclic) bond motifs is 2. The van der Waals surface area contributed by atoms with Gasteiger partial charge in [0.05, 0.1) is 19.8 Å². The lowest BCUT2D eigenvalue weighted by Gasteiger charge is -2.15. The predicted molar refractivity (Wildman–Crippen MR) is 164 cm³/mol. The predicted octanol–water partition coefficient (Wildman–Crippen LogP) is 7.93. The second-order valence-electron chi connectivity index (χ2n) is 9.46. The number of ether oxygens (including phenoxy) is 2. The summed E-state index contributed by atoms with van der Waals surface area (Å²) in [6, 6.07) is 37.3. The molecule has 6 aromatic rings. The van der Waals surface area contributed by atoms with Crippen molar-refractivity contribution in [2.45, 2.75) is 0 Å². The van der Waals surface area contributed by atoms with Crippen molar-refractivity contribution in [3.8, 4) is 33.8 Å². The third kappa shape index (κ3) is 4.43. The highest BCUT2D eigenvalue weighted by Crippen LogP contribution is 2.41. The Bertz CT molecular complexity index is 1890. The Kier molecular flexibility index (Phi) is 6.86. The minimum atomic E-state index is -2.18. The molecule has 0 bridgehead atoms. The number of rotatable bonds is 7. The van der Waals surface area contributed by atoms with Crippen molar-refractivity contribution in [1.29, 1.82) is 0 Å². The van der Waals surface area contributed by atoms with E-state index in [1.165, 1.54) is 0 Å². The lowest BCUT2D eigenvalue weighted by Crippen LogP contribution is -2.16. The van der Waals surface area contributed by atoms with Gasteiger partial charge in [-0.15, -0.1) is 0 Å². The number of hydrogen-bond acceptors (Lipinski definition) is 4. The van der Waals surface area contributed by atoms with Crippen LogP contribution >= 0.6 is 7.80 Å². The topological polar surface area (TPSA) is 52.6 Å². The molecule has 40 heavy (non-hydrogen) atoms. The molecule has 0 aliphatic rings. The van der Waals surface area contributed by atoms with E-state index in [-0.39, 0.29) is 0 Å². The summed E-state index contributed by atoms with van der Waals surface area (Å²) in [7, 11) is 1.10. The van der Waals surface area contributed by atoms with Crippen molar-refractivity contribution < 1.29 is 18.8 Å². The Balaban J connectivity index is 1.71. The first-order valence-electron chi connectivity index (χ1n) is 12.9. The molecular weight excluding hydrogens is 515 g/mol. The van der Waals surface area contributed by atoms with Crippen LogP contribution in [0.2, 0.25) is 0 Å². The van der Waals surface area contributed by atoms with Crippen LogP contribution in [0.4, 0.5) is 0 Å². The Morgan fingerprint density at radius 2 is 1.20 bits per heavy atom. The van der Waals surface area contributed by atoms with Crippen LogP contribution in [0.15, 0.2) is 115 Å².